The van der Waals surface area contributed by atoms with Crippen LogP contribution < -0.4 is 11.1 Å². The lowest BCUT2D eigenvalue weighted by Crippen LogP contribution is -2.15. The summed E-state index contributed by atoms with van der Waals surface area (Å²) in [6.07, 6.45) is 3.96. The van der Waals surface area contributed by atoms with E-state index in [0.717, 1.165) is 19.3 Å². The van der Waals surface area contributed by atoms with Gasteiger partial charge in [-0.05, 0) is 55.7 Å². The van der Waals surface area contributed by atoms with Crippen molar-refractivity contribution in [1.82, 2.24) is 14.5 Å². The molecule has 0 bridgehead atoms. The van der Waals surface area contributed by atoms with Gasteiger partial charge >= 0.3 is 0 Å². The molecule has 0 radical (unpaired) electrons. The van der Waals surface area contributed by atoms with Crippen LogP contribution in [0.25, 0.3) is 33.4 Å². The molecule has 0 atom stereocenters. The van der Waals surface area contributed by atoms with Gasteiger partial charge in [-0.3, -0.25) is 4.79 Å². The van der Waals surface area contributed by atoms with Gasteiger partial charge in [-0.1, -0.05) is 19.1 Å². The van der Waals surface area contributed by atoms with Crippen molar-refractivity contribution in [2.24, 2.45) is 11.4 Å². The van der Waals surface area contributed by atoms with Crippen molar-refractivity contribution in [2.75, 3.05) is 22.6 Å². The fourth-order valence-corrected chi connectivity index (χ4v) is 7.04. The molecule has 1 fully saturated rings. The number of halogens is 2. The number of rotatable bonds is 5. The third-order valence-corrected chi connectivity index (χ3v) is 9.18. The van der Waals surface area contributed by atoms with Crippen LogP contribution in [0.5, 0.6) is 0 Å². The lowest BCUT2D eigenvalue weighted by atomic mass is 9.98. The molecule has 3 heterocycles. The zero-order valence-electron chi connectivity index (χ0n) is 21.6. The van der Waals surface area contributed by atoms with Crippen LogP contribution >= 0.6 is 0 Å². The van der Waals surface area contributed by atoms with Gasteiger partial charge in [0.1, 0.15) is 35.1 Å². The smallest absolute Gasteiger partial charge is 0.250 e. The van der Waals surface area contributed by atoms with Crippen molar-refractivity contribution >= 4 is 43.9 Å². The SMILES string of the molecule is C=C(C)C(=O)Nc1cc(-c2c(-c3ccc(N=S4(=O)CCCCC4)c(F)c3)c3c(N)ncnc3n2C)ccc1F. The molecule has 0 spiro atoms. The summed E-state index contributed by atoms with van der Waals surface area (Å²) in [6.45, 7) is 5.12. The van der Waals surface area contributed by atoms with Crippen LogP contribution in [0.4, 0.5) is 26.0 Å². The average molecular weight is 551 g/mol. The number of nitrogens with zero attached hydrogens (tertiary/aromatic N) is 4. The summed E-state index contributed by atoms with van der Waals surface area (Å²) in [6, 6.07) is 8.81. The van der Waals surface area contributed by atoms with Crippen molar-refractivity contribution < 1.29 is 17.8 Å². The Balaban J connectivity index is 1.70. The predicted molar refractivity (Wildman–Crippen MR) is 151 cm³/mol. The number of aromatic nitrogens is 3. The minimum Gasteiger partial charge on any atom is -0.383 e. The molecule has 8 nitrogen and oxygen atoms in total. The first-order chi connectivity index (χ1) is 18.6. The molecule has 202 valence electrons. The van der Waals surface area contributed by atoms with Gasteiger partial charge in [0, 0.05) is 35.3 Å². The van der Waals surface area contributed by atoms with Crippen LogP contribution in [-0.2, 0) is 21.6 Å². The number of carbonyl (C=O) groups is 1. The summed E-state index contributed by atoms with van der Waals surface area (Å²) >= 11 is 0. The van der Waals surface area contributed by atoms with Crippen molar-refractivity contribution in [2.45, 2.75) is 26.2 Å². The minimum absolute atomic E-state index is 0.0349. The highest BCUT2D eigenvalue weighted by Crippen LogP contribution is 2.43. The molecular formula is C28H28F2N6O2S. The van der Waals surface area contributed by atoms with Gasteiger partial charge in [0.25, 0.3) is 5.91 Å². The maximum absolute atomic E-state index is 15.4. The maximum atomic E-state index is 15.4. The zero-order chi connectivity index (χ0) is 27.9. The average Bonchev–Trinajstić information content (AvgIpc) is 3.20. The van der Waals surface area contributed by atoms with Gasteiger partial charge in [0.2, 0.25) is 0 Å². The second-order valence-electron chi connectivity index (χ2n) is 9.67. The Morgan fingerprint density at radius 3 is 2.49 bits per heavy atom. The number of hydrogen-bond acceptors (Lipinski definition) is 6. The second-order valence-corrected chi connectivity index (χ2v) is 12.2. The number of aryl methyl sites for hydroxylation is 1. The predicted octanol–water partition coefficient (Wildman–Crippen LogP) is 5.96. The van der Waals surface area contributed by atoms with Gasteiger partial charge in [-0.15, -0.1) is 0 Å². The number of amides is 1. The standard InChI is InChI=1S/C28H28F2N6O2S/c1-16(2)28(37)34-22-14-18(7-9-19(22)29)25-23(24-26(31)32-15-33-27(24)36(25)3)17-8-10-21(20(30)13-17)35-39(38)11-5-4-6-12-39/h7-10,13-15H,1,4-6,11-12H2,2-3H3,(H,34,37)(H2,31,32,33). The fraction of sp³-hybridized carbons (Fsp3) is 0.250. The largest absolute Gasteiger partial charge is 0.383 e. The van der Waals surface area contributed by atoms with E-state index in [0.29, 0.717) is 44.9 Å². The second kappa shape index (κ2) is 10.2. The van der Waals surface area contributed by atoms with E-state index in [2.05, 4.69) is 26.2 Å². The first-order valence-electron chi connectivity index (χ1n) is 12.5. The Kier molecular flexibility index (Phi) is 6.94. The zero-order valence-corrected chi connectivity index (χ0v) is 22.4. The maximum Gasteiger partial charge on any atom is 0.250 e. The van der Waals surface area contributed by atoms with E-state index in [-0.39, 0.29) is 22.8 Å². The molecule has 11 heteroatoms. The summed E-state index contributed by atoms with van der Waals surface area (Å²) in [4.78, 5) is 20.7. The van der Waals surface area contributed by atoms with Gasteiger partial charge in [-0.25, -0.2) is 23.0 Å². The molecule has 1 aliphatic heterocycles. The van der Waals surface area contributed by atoms with Crippen LogP contribution in [0.1, 0.15) is 26.2 Å². The molecule has 2 aromatic carbocycles. The van der Waals surface area contributed by atoms with Crippen LogP contribution in [0.2, 0.25) is 0 Å². The van der Waals surface area contributed by atoms with E-state index in [1.54, 1.807) is 23.7 Å². The highest BCUT2D eigenvalue weighted by Gasteiger charge is 2.24. The van der Waals surface area contributed by atoms with E-state index >= 15 is 4.39 Å². The Hall–Kier alpha value is -4.12. The Morgan fingerprint density at radius 2 is 1.79 bits per heavy atom. The number of nitrogens with one attached hydrogen (secondary N) is 1. The Labute approximate surface area is 225 Å². The molecule has 1 aliphatic rings. The van der Waals surface area contributed by atoms with Crippen molar-refractivity contribution in [3.63, 3.8) is 0 Å². The van der Waals surface area contributed by atoms with Crippen LogP contribution in [0.15, 0.2) is 59.2 Å². The number of nitrogen functional groups attached to an aromatic ring is 1. The number of anilines is 2. The van der Waals surface area contributed by atoms with E-state index in [1.807, 2.05) is 0 Å². The first-order valence-corrected chi connectivity index (χ1v) is 14.3. The minimum atomic E-state index is -2.49. The van der Waals surface area contributed by atoms with Crippen LogP contribution in [0, 0.1) is 11.6 Å². The van der Waals surface area contributed by atoms with Gasteiger partial charge in [0.05, 0.1) is 26.5 Å². The molecule has 1 saturated heterocycles. The van der Waals surface area contributed by atoms with Crippen LogP contribution in [0.3, 0.4) is 0 Å². The molecule has 4 aromatic rings. The normalized spacial score (nSPS) is 14.8. The third-order valence-electron chi connectivity index (χ3n) is 6.80. The topological polar surface area (TPSA) is 115 Å². The van der Waals surface area contributed by atoms with Crippen molar-refractivity contribution in [1.29, 1.82) is 0 Å². The highest BCUT2D eigenvalue weighted by molar-refractivity contribution is 7.93. The Morgan fingerprint density at radius 1 is 1.08 bits per heavy atom. The van der Waals surface area contributed by atoms with Crippen molar-refractivity contribution in [3.8, 4) is 22.4 Å². The number of carbonyl (C=O) groups excluding carboxylic acids is 1. The van der Waals surface area contributed by atoms with E-state index in [4.69, 9.17) is 5.73 Å². The molecule has 5 rings (SSSR count). The number of nitrogens with two attached hydrogens (primary N) is 1. The molecule has 3 N–H and O–H groups in total. The lowest BCUT2D eigenvalue weighted by molar-refractivity contribution is -0.112. The summed E-state index contributed by atoms with van der Waals surface area (Å²) in [5, 5.41) is 3.02. The molecule has 39 heavy (non-hydrogen) atoms. The molecular weight excluding hydrogens is 522 g/mol. The van der Waals surface area contributed by atoms with Crippen LogP contribution in [-0.4, -0.2) is 36.2 Å². The van der Waals surface area contributed by atoms with E-state index in [1.165, 1.54) is 37.5 Å². The first kappa shape index (κ1) is 26.5. The monoisotopic (exact) mass is 550 g/mol. The lowest BCUT2D eigenvalue weighted by Gasteiger charge is -2.15. The Bertz CT molecular complexity index is 1760. The van der Waals surface area contributed by atoms with Gasteiger partial charge in [-0.2, -0.15) is 4.36 Å². The van der Waals surface area contributed by atoms with E-state index < -0.39 is 27.3 Å². The quantitative estimate of drug-likeness (QED) is 0.298. The third kappa shape index (κ3) is 5.01. The van der Waals surface area contributed by atoms with E-state index in [9.17, 15) is 13.4 Å². The molecule has 2 aromatic heterocycles. The molecule has 1 amide bonds. The number of fused-ring (bicyclic) bond motifs is 1. The summed E-state index contributed by atoms with van der Waals surface area (Å²) in [5.74, 6) is -0.645. The molecule has 0 unspecified atom stereocenters. The summed E-state index contributed by atoms with van der Waals surface area (Å²) in [7, 11) is -0.731. The molecule has 0 aliphatic carbocycles. The number of benzene rings is 2. The molecule has 0 saturated carbocycles. The summed E-state index contributed by atoms with van der Waals surface area (Å²) < 4.78 is 49.3. The fourth-order valence-electron chi connectivity index (χ4n) is 4.83. The highest BCUT2D eigenvalue weighted by atomic mass is 32.2. The van der Waals surface area contributed by atoms with Gasteiger partial charge < -0.3 is 15.6 Å². The van der Waals surface area contributed by atoms with Crippen molar-refractivity contribution in [3.05, 3.63) is 66.5 Å². The summed E-state index contributed by atoms with van der Waals surface area (Å²) in [5.41, 5.74) is 9.08. The van der Waals surface area contributed by atoms with Gasteiger partial charge in [0.15, 0.2) is 0 Å². The number of hydrogen-bond donors (Lipinski definition) is 2.